The molecule has 1 heterocycles. The molecule has 1 aromatic heterocycles. The van der Waals surface area contributed by atoms with Crippen LogP contribution in [-0.4, -0.2) is 28.3 Å². The zero-order chi connectivity index (χ0) is 14.4. The first-order valence-corrected chi connectivity index (χ1v) is 7.86. The maximum atomic E-state index is 11.6. The fraction of sp³-hybridized carbons (Fsp3) is 0.533. The zero-order valence-electron chi connectivity index (χ0n) is 11.5. The number of aliphatic hydroxyl groups excluding tert-OH is 1. The molecule has 0 spiro atoms. The van der Waals surface area contributed by atoms with Gasteiger partial charge in [0.1, 0.15) is 0 Å². The SMILES string of the molecule is O=C(/C=C/c1cc(CO)cs1)NCCC1(O)CCCC1. The van der Waals surface area contributed by atoms with Crippen molar-refractivity contribution in [2.24, 2.45) is 0 Å². The van der Waals surface area contributed by atoms with Gasteiger partial charge in [0.25, 0.3) is 0 Å². The summed E-state index contributed by atoms with van der Waals surface area (Å²) in [5, 5.41) is 23.8. The average Bonchev–Trinajstić information content (AvgIpc) is 3.05. The van der Waals surface area contributed by atoms with Crippen LogP contribution in [-0.2, 0) is 11.4 Å². The van der Waals surface area contributed by atoms with Crippen molar-refractivity contribution in [1.82, 2.24) is 5.32 Å². The van der Waals surface area contributed by atoms with Crippen molar-refractivity contribution in [2.45, 2.75) is 44.3 Å². The van der Waals surface area contributed by atoms with E-state index in [4.69, 9.17) is 5.11 Å². The molecule has 0 bridgehead atoms. The molecule has 4 nitrogen and oxygen atoms in total. The summed E-state index contributed by atoms with van der Waals surface area (Å²) in [6.07, 6.45) is 7.71. The second kappa shape index (κ2) is 7.02. The smallest absolute Gasteiger partial charge is 0.244 e. The first-order valence-electron chi connectivity index (χ1n) is 6.98. The molecule has 20 heavy (non-hydrogen) atoms. The number of nitrogens with one attached hydrogen (secondary N) is 1. The maximum Gasteiger partial charge on any atom is 0.244 e. The normalized spacial score (nSPS) is 17.7. The van der Waals surface area contributed by atoms with Crippen LogP contribution in [0.3, 0.4) is 0 Å². The van der Waals surface area contributed by atoms with Crippen molar-refractivity contribution in [3.63, 3.8) is 0 Å². The minimum atomic E-state index is -0.569. The third kappa shape index (κ3) is 4.44. The maximum absolute atomic E-state index is 11.6. The number of hydrogen-bond acceptors (Lipinski definition) is 4. The third-order valence-electron chi connectivity index (χ3n) is 3.68. The van der Waals surface area contributed by atoms with E-state index < -0.39 is 5.60 Å². The van der Waals surface area contributed by atoms with Crippen molar-refractivity contribution in [3.8, 4) is 0 Å². The molecule has 3 N–H and O–H groups in total. The lowest BCUT2D eigenvalue weighted by atomic mass is 9.98. The van der Waals surface area contributed by atoms with Crippen LogP contribution in [0.15, 0.2) is 17.5 Å². The van der Waals surface area contributed by atoms with Gasteiger partial charge in [0.2, 0.25) is 5.91 Å². The molecule has 1 aliphatic carbocycles. The Bertz CT molecular complexity index is 475. The van der Waals surface area contributed by atoms with Gasteiger partial charge in [-0.1, -0.05) is 12.8 Å². The van der Waals surface area contributed by atoms with Crippen LogP contribution < -0.4 is 5.32 Å². The zero-order valence-corrected chi connectivity index (χ0v) is 12.3. The largest absolute Gasteiger partial charge is 0.392 e. The van der Waals surface area contributed by atoms with Gasteiger partial charge in [-0.25, -0.2) is 0 Å². The van der Waals surface area contributed by atoms with Crippen LogP contribution >= 0.6 is 11.3 Å². The van der Waals surface area contributed by atoms with Crippen molar-refractivity contribution in [3.05, 3.63) is 28.0 Å². The Morgan fingerprint density at radius 3 is 2.85 bits per heavy atom. The van der Waals surface area contributed by atoms with E-state index in [2.05, 4.69) is 5.32 Å². The first-order chi connectivity index (χ1) is 9.61. The van der Waals surface area contributed by atoms with Crippen molar-refractivity contribution in [2.75, 3.05) is 6.54 Å². The molecule has 1 aromatic rings. The topological polar surface area (TPSA) is 69.6 Å². The standard InChI is InChI=1S/C15H21NO3S/c17-10-12-9-13(20-11-12)3-4-14(18)16-8-7-15(19)5-1-2-6-15/h3-4,9,11,17,19H,1-2,5-8,10H2,(H,16,18)/b4-3+. The molecule has 0 aliphatic heterocycles. The Morgan fingerprint density at radius 2 is 2.20 bits per heavy atom. The van der Waals surface area contributed by atoms with Crippen LogP contribution in [0.25, 0.3) is 6.08 Å². The fourth-order valence-electron chi connectivity index (χ4n) is 2.48. The minimum absolute atomic E-state index is 0.0229. The second-order valence-electron chi connectivity index (χ2n) is 5.32. The second-order valence-corrected chi connectivity index (χ2v) is 6.26. The minimum Gasteiger partial charge on any atom is -0.392 e. The van der Waals surface area contributed by atoms with E-state index in [-0.39, 0.29) is 12.5 Å². The van der Waals surface area contributed by atoms with E-state index in [9.17, 15) is 9.90 Å². The Kier molecular flexibility index (Phi) is 5.34. The summed E-state index contributed by atoms with van der Waals surface area (Å²) in [5.74, 6) is -0.148. The predicted molar refractivity (Wildman–Crippen MR) is 80.3 cm³/mol. The highest BCUT2D eigenvalue weighted by Gasteiger charge is 2.30. The lowest BCUT2D eigenvalue weighted by Gasteiger charge is -2.21. The highest BCUT2D eigenvalue weighted by molar-refractivity contribution is 7.11. The van der Waals surface area contributed by atoms with Gasteiger partial charge in [-0.15, -0.1) is 11.3 Å². The molecule has 0 radical (unpaired) electrons. The van der Waals surface area contributed by atoms with Crippen molar-refractivity contribution < 1.29 is 15.0 Å². The summed E-state index contributed by atoms with van der Waals surface area (Å²) < 4.78 is 0. The first kappa shape index (κ1) is 15.2. The van der Waals surface area contributed by atoms with E-state index in [1.807, 2.05) is 11.4 Å². The molecule has 110 valence electrons. The summed E-state index contributed by atoms with van der Waals surface area (Å²) in [5.41, 5.74) is 0.291. The quantitative estimate of drug-likeness (QED) is 0.704. The number of thiophene rings is 1. The van der Waals surface area contributed by atoms with Gasteiger partial charge in [0, 0.05) is 17.5 Å². The summed E-state index contributed by atoms with van der Waals surface area (Å²) in [6, 6.07) is 1.86. The van der Waals surface area contributed by atoms with Gasteiger partial charge < -0.3 is 15.5 Å². The Labute approximate surface area is 123 Å². The molecule has 1 aliphatic rings. The van der Waals surface area contributed by atoms with Gasteiger partial charge in [-0.2, -0.15) is 0 Å². The molecule has 5 heteroatoms. The van der Waals surface area contributed by atoms with Crippen LogP contribution in [0.1, 0.15) is 42.5 Å². The molecular formula is C15H21NO3S. The molecular weight excluding hydrogens is 274 g/mol. The Hall–Kier alpha value is -1.17. The van der Waals surface area contributed by atoms with Gasteiger partial charge in [-0.3, -0.25) is 4.79 Å². The molecule has 2 rings (SSSR count). The number of aliphatic hydroxyl groups is 2. The molecule has 0 atom stereocenters. The summed E-state index contributed by atoms with van der Waals surface area (Å²) in [4.78, 5) is 12.6. The third-order valence-corrected chi connectivity index (χ3v) is 4.63. The summed E-state index contributed by atoms with van der Waals surface area (Å²) >= 11 is 1.49. The van der Waals surface area contributed by atoms with Crippen LogP contribution in [0, 0.1) is 0 Å². The van der Waals surface area contributed by atoms with E-state index >= 15 is 0 Å². The molecule has 1 saturated carbocycles. The van der Waals surface area contributed by atoms with E-state index in [0.717, 1.165) is 36.1 Å². The van der Waals surface area contributed by atoms with Gasteiger partial charge >= 0.3 is 0 Å². The Balaban J connectivity index is 1.72. The number of carbonyl (C=O) groups excluding carboxylic acids is 1. The van der Waals surface area contributed by atoms with Crippen molar-refractivity contribution >= 4 is 23.3 Å². The number of rotatable bonds is 6. The molecule has 1 fully saturated rings. The highest BCUT2D eigenvalue weighted by atomic mass is 32.1. The lowest BCUT2D eigenvalue weighted by molar-refractivity contribution is -0.116. The predicted octanol–water partition coefficient (Wildman–Crippen LogP) is 2.06. The van der Waals surface area contributed by atoms with Crippen LogP contribution in [0.5, 0.6) is 0 Å². The fourth-order valence-corrected chi connectivity index (χ4v) is 3.28. The van der Waals surface area contributed by atoms with E-state index in [0.29, 0.717) is 13.0 Å². The van der Waals surface area contributed by atoms with Gasteiger partial charge in [-0.05, 0) is 42.3 Å². The number of amides is 1. The molecule has 0 aromatic carbocycles. The van der Waals surface area contributed by atoms with Crippen LogP contribution in [0.2, 0.25) is 0 Å². The number of hydrogen-bond donors (Lipinski definition) is 3. The van der Waals surface area contributed by atoms with Gasteiger partial charge in [0.15, 0.2) is 0 Å². The van der Waals surface area contributed by atoms with Crippen LogP contribution in [0.4, 0.5) is 0 Å². The monoisotopic (exact) mass is 295 g/mol. The van der Waals surface area contributed by atoms with Gasteiger partial charge in [0.05, 0.1) is 12.2 Å². The lowest BCUT2D eigenvalue weighted by Crippen LogP contribution is -2.32. The average molecular weight is 295 g/mol. The molecule has 0 unspecified atom stereocenters. The Morgan fingerprint density at radius 1 is 1.45 bits per heavy atom. The highest BCUT2D eigenvalue weighted by Crippen LogP contribution is 2.31. The molecule has 0 saturated heterocycles. The van der Waals surface area contributed by atoms with E-state index in [1.165, 1.54) is 17.4 Å². The van der Waals surface area contributed by atoms with Crippen molar-refractivity contribution in [1.29, 1.82) is 0 Å². The molecule has 1 amide bonds. The summed E-state index contributed by atoms with van der Waals surface area (Å²) in [6.45, 7) is 0.529. The number of carbonyl (C=O) groups is 1. The van der Waals surface area contributed by atoms with E-state index in [1.54, 1.807) is 6.08 Å². The summed E-state index contributed by atoms with van der Waals surface area (Å²) in [7, 11) is 0.